The van der Waals surface area contributed by atoms with Gasteiger partial charge in [-0.2, -0.15) is 5.26 Å². The maximum absolute atomic E-state index is 9.26. The number of anilines is 1. The zero-order valence-electron chi connectivity index (χ0n) is 9.30. The largest absolute Gasteiger partial charge is 0.398 e. The number of hydrogen-bond donors (Lipinski definition) is 1. The third-order valence-electron chi connectivity index (χ3n) is 3.57. The lowest BCUT2D eigenvalue weighted by Gasteiger charge is -2.36. The van der Waals surface area contributed by atoms with E-state index in [0.29, 0.717) is 0 Å². The molecule has 0 saturated heterocycles. The SMILES string of the molecule is Cc1cc(C2(C#N)CCC2)cc(C)c1N. The van der Waals surface area contributed by atoms with Gasteiger partial charge in [-0.05, 0) is 49.8 Å². The van der Waals surface area contributed by atoms with Crippen molar-refractivity contribution in [3.63, 3.8) is 0 Å². The molecule has 0 aliphatic heterocycles. The van der Waals surface area contributed by atoms with E-state index in [9.17, 15) is 5.26 Å². The highest BCUT2D eigenvalue weighted by atomic mass is 14.6. The van der Waals surface area contributed by atoms with Crippen molar-refractivity contribution in [1.29, 1.82) is 5.26 Å². The lowest BCUT2D eigenvalue weighted by atomic mass is 9.65. The number of aryl methyl sites for hydroxylation is 2. The van der Waals surface area contributed by atoms with Gasteiger partial charge in [-0.1, -0.05) is 12.1 Å². The minimum atomic E-state index is -0.219. The Morgan fingerprint density at radius 2 is 1.80 bits per heavy atom. The lowest BCUT2D eigenvalue weighted by Crippen LogP contribution is -2.32. The van der Waals surface area contributed by atoms with E-state index in [1.807, 2.05) is 13.8 Å². The zero-order chi connectivity index (χ0) is 11.1. The van der Waals surface area contributed by atoms with Gasteiger partial charge in [0, 0.05) is 5.69 Å². The molecule has 1 aliphatic rings. The van der Waals surface area contributed by atoms with Gasteiger partial charge in [0.1, 0.15) is 0 Å². The molecule has 0 radical (unpaired) electrons. The quantitative estimate of drug-likeness (QED) is 0.709. The minimum absolute atomic E-state index is 0.219. The molecule has 1 saturated carbocycles. The number of nitriles is 1. The predicted octanol–water partition coefficient (Wildman–Crippen LogP) is 2.83. The molecule has 0 unspecified atom stereocenters. The molecule has 78 valence electrons. The normalized spacial score (nSPS) is 17.9. The fraction of sp³-hybridized carbons (Fsp3) is 0.462. The summed E-state index contributed by atoms with van der Waals surface area (Å²) < 4.78 is 0. The summed E-state index contributed by atoms with van der Waals surface area (Å²) in [7, 11) is 0. The van der Waals surface area contributed by atoms with Crippen LogP contribution >= 0.6 is 0 Å². The van der Waals surface area contributed by atoms with Gasteiger partial charge in [0.2, 0.25) is 0 Å². The summed E-state index contributed by atoms with van der Waals surface area (Å²) in [4.78, 5) is 0. The van der Waals surface area contributed by atoms with Crippen molar-refractivity contribution in [3.8, 4) is 6.07 Å². The standard InChI is InChI=1S/C13H16N2/c1-9-6-11(7-10(2)12(9)15)13(8-14)4-3-5-13/h6-7H,3-5,15H2,1-2H3. The molecule has 0 spiro atoms. The van der Waals surface area contributed by atoms with Gasteiger partial charge in [-0.15, -0.1) is 0 Å². The molecular weight excluding hydrogens is 184 g/mol. The van der Waals surface area contributed by atoms with Gasteiger partial charge >= 0.3 is 0 Å². The molecule has 2 rings (SSSR count). The third-order valence-corrected chi connectivity index (χ3v) is 3.57. The van der Waals surface area contributed by atoms with E-state index in [1.54, 1.807) is 0 Å². The average molecular weight is 200 g/mol. The molecule has 1 aromatic carbocycles. The molecule has 15 heavy (non-hydrogen) atoms. The van der Waals surface area contributed by atoms with Gasteiger partial charge in [-0.3, -0.25) is 0 Å². The smallest absolute Gasteiger partial charge is 0.0822 e. The first-order valence-electron chi connectivity index (χ1n) is 5.37. The van der Waals surface area contributed by atoms with Gasteiger partial charge in [-0.25, -0.2) is 0 Å². The third kappa shape index (κ3) is 1.39. The fourth-order valence-electron chi connectivity index (χ4n) is 2.25. The molecule has 0 atom stereocenters. The van der Waals surface area contributed by atoms with Crippen LogP contribution in [0.2, 0.25) is 0 Å². The Hall–Kier alpha value is -1.49. The van der Waals surface area contributed by atoms with Crippen molar-refractivity contribution in [2.75, 3.05) is 5.73 Å². The molecule has 0 amide bonds. The van der Waals surface area contributed by atoms with E-state index < -0.39 is 0 Å². The van der Waals surface area contributed by atoms with E-state index >= 15 is 0 Å². The maximum Gasteiger partial charge on any atom is 0.0822 e. The van der Waals surface area contributed by atoms with Crippen LogP contribution in [0.5, 0.6) is 0 Å². The number of nitrogens with zero attached hydrogens (tertiary/aromatic N) is 1. The van der Waals surface area contributed by atoms with Crippen molar-refractivity contribution in [1.82, 2.24) is 0 Å². The van der Waals surface area contributed by atoms with E-state index in [2.05, 4.69) is 18.2 Å². The van der Waals surface area contributed by atoms with Crippen molar-refractivity contribution in [3.05, 3.63) is 28.8 Å². The second-order valence-electron chi connectivity index (χ2n) is 4.57. The van der Waals surface area contributed by atoms with E-state index in [-0.39, 0.29) is 5.41 Å². The van der Waals surface area contributed by atoms with Gasteiger partial charge in [0.05, 0.1) is 11.5 Å². The summed E-state index contributed by atoms with van der Waals surface area (Å²) in [6.45, 7) is 4.02. The van der Waals surface area contributed by atoms with Crippen molar-refractivity contribution < 1.29 is 0 Å². The Morgan fingerprint density at radius 3 is 2.13 bits per heavy atom. The van der Waals surface area contributed by atoms with Crippen molar-refractivity contribution >= 4 is 5.69 Å². The number of rotatable bonds is 1. The van der Waals surface area contributed by atoms with E-state index in [4.69, 9.17) is 5.73 Å². The van der Waals surface area contributed by atoms with Crippen LogP contribution in [-0.2, 0) is 5.41 Å². The van der Waals surface area contributed by atoms with Crippen LogP contribution in [0.15, 0.2) is 12.1 Å². The topological polar surface area (TPSA) is 49.8 Å². The Balaban J connectivity index is 2.51. The maximum atomic E-state index is 9.26. The molecule has 0 heterocycles. The first kappa shape index (κ1) is 10.0. The monoisotopic (exact) mass is 200 g/mol. The van der Waals surface area contributed by atoms with E-state index in [0.717, 1.165) is 41.6 Å². The Morgan fingerprint density at radius 1 is 1.27 bits per heavy atom. The molecule has 1 aliphatic carbocycles. The number of nitrogen functional groups attached to an aromatic ring is 1. The van der Waals surface area contributed by atoms with Gasteiger partial charge < -0.3 is 5.73 Å². The Bertz CT molecular complexity index is 413. The van der Waals surface area contributed by atoms with Crippen molar-refractivity contribution in [2.24, 2.45) is 0 Å². The minimum Gasteiger partial charge on any atom is -0.398 e. The summed E-state index contributed by atoms with van der Waals surface area (Å²) in [5.74, 6) is 0. The van der Waals surface area contributed by atoms with Crippen molar-refractivity contribution in [2.45, 2.75) is 38.5 Å². The number of hydrogen-bond acceptors (Lipinski definition) is 2. The second kappa shape index (κ2) is 3.27. The molecule has 2 nitrogen and oxygen atoms in total. The molecule has 2 N–H and O–H groups in total. The highest BCUT2D eigenvalue weighted by molar-refractivity contribution is 5.56. The van der Waals surface area contributed by atoms with Crippen LogP contribution in [0, 0.1) is 25.2 Å². The number of nitrogens with two attached hydrogens (primary N) is 1. The Labute approximate surface area is 90.7 Å². The molecule has 0 aromatic heterocycles. The lowest BCUT2D eigenvalue weighted by molar-refractivity contribution is 0.324. The molecule has 1 fully saturated rings. The first-order valence-corrected chi connectivity index (χ1v) is 5.37. The van der Waals surface area contributed by atoms with Crippen LogP contribution < -0.4 is 5.73 Å². The van der Waals surface area contributed by atoms with Gasteiger partial charge in [0.25, 0.3) is 0 Å². The average Bonchev–Trinajstić information content (AvgIpc) is 2.13. The highest BCUT2D eigenvalue weighted by Crippen LogP contribution is 2.44. The van der Waals surface area contributed by atoms with Crippen LogP contribution in [-0.4, -0.2) is 0 Å². The van der Waals surface area contributed by atoms with Gasteiger partial charge in [0.15, 0.2) is 0 Å². The Kier molecular flexibility index (Phi) is 2.19. The molecule has 0 bridgehead atoms. The highest BCUT2D eigenvalue weighted by Gasteiger charge is 2.39. The summed E-state index contributed by atoms with van der Waals surface area (Å²) >= 11 is 0. The summed E-state index contributed by atoms with van der Waals surface area (Å²) in [6.07, 6.45) is 3.15. The molecular formula is C13H16N2. The zero-order valence-corrected chi connectivity index (χ0v) is 9.30. The predicted molar refractivity (Wildman–Crippen MR) is 61.5 cm³/mol. The van der Waals surface area contributed by atoms with E-state index in [1.165, 1.54) is 0 Å². The van der Waals surface area contributed by atoms with Crippen LogP contribution in [0.3, 0.4) is 0 Å². The molecule has 2 heteroatoms. The summed E-state index contributed by atoms with van der Waals surface area (Å²) in [5, 5.41) is 9.26. The first-order chi connectivity index (χ1) is 7.09. The summed E-state index contributed by atoms with van der Waals surface area (Å²) in [5.41, 5.74) is 9.88. The second-order valence-corrected chi connectivity index (χ2v) is 4.57. The van der Waals surface area contributed by atoms with Crippen LogP contribution in [0.4, 0.5) is 5.69 Å². The van der Waals surface area contributed by atoms with Crippen LogP contribution in [0.1, 0.15) is 36.0 Å². The fourth-order valence-corrected chi connectivity index (χ4v) is 2.25. The number of benzene rings is 1. The van der Waals surface area contributed by atoms with Crippen LogP contribution in [0.25, 0.3) is 0 Å². The summed E-state index contributed by atoms with van der Waals surface area (Å²) in [6, 6.07) is 6.61. The molecule has 1 aromatic rings.